The molecule has 0 aliphatic heterocycles. The third-order valence-corrected chi connectivity index (χ3v) is 2.78. The Morgan fingerprint density at radius 3 is 2.87 bits per heavy atom. The Morgan fingerprint density at radius 2 is 2.20 bits per heavy atom. The second-order valence-electron chi connectivity index (χ2n) is 3.24. The first-order valence-electron chi connectivity index (χ1n) is 4.64. The number of anilines is 2. The van der Waals surface area contributed by atoms with Crippen LogP contribution in [0.2, 0.25) is 0 Å². The molecule has 5 heteroatoms. The van der Waals surface area contributed by atoms with Crippen LogP contribution in [0.3, 0.4) is 0 Å². The Labute approximate surface area is 92.2 Å². The second-order valence-corrected chi connectivity index (χ2v) is 4.07. The van der Waals surface area contributed by atoms with Crippen LogP contribution < -0.4 is 11.1 Å². The number of aromatic nitrogens is 2. The van der Waals surface area contributed by atoms with Crippen molar-refractivity contribution < 1.29 is 0 Å². The topological polar surface area (TPSA) is 63.8 Å². The molecule has 0 aliphatic rings. The molecule has 1 atom stereocenters. The maximum Gasteiger partial charge on any atom is 0.205 e. The van der Waals surface area contributed by atoms with Crippen molar-refractivity contribution in [2.24, 2.45) is 0 Å². The molecule has 0 fully saturated rings. The van der Waals surface area contributed by atoms with E-state index >= 15 is 0 Å². The third-order valence-electron chi connectivity index (χ3n) is 2.16. The highest BCUT2D eigenvalue weighted by molar-refractivity contribution is 7.13. The van der Waals surface area contributed by atoms with Gasteiger partial charge < -0.3 is 11.1 Å². The summed E-state index contributed by atoms with van der Waals surface area (Å²) in [6.45, 7) is 2.05. The summed E-state index contributed by atoms with van der Waals surface area (Å²) in [6, 6.07) is 7.95. The van der Waals surface area contributed by atoms with E-state index in [1.54, 1.807) is 5.51 Å². The van der Waals surface area contributed by atoms with Gasteiger partial charge in [-0.1, -0.05) is 29.5 Å². The van der Waals surface area contributed by atoms with Crippen LogP contribution in [0.4, 0.5) is 10.8 Å². The van der Waals surface area contributed by atoms with Gasteiger partial charge in [0.2, 0.25) is 5.13 Å². The van der Waals surface area contributed by atoms with Gasteiger partial charge in [0.1, 0.15) is 5.51 Å². The molecule has 0 amide bonds. The summed E-state index contributed by atoms with van der Waals surface area (Å²) in [6.07, 6.45) is 0. The first-order valence-corrected chi connectivity index (χ1v) is 5.52. The van der Waals surface area contributed by atoms with Crippen LogP contribution in [0.1, 0.15) is 18.5 Å². The monoisotopic (exact) mass is 220 g/mol. The number of para-hydroxylation sites is 1. The molecule has 4 nitrogen and oxygen atoms in total. The van der Waals surface area contributed by atoms with Crippen molar-refractivity contribution in [1.82, 2.24) is 10.2 Å². The zero-order valence-corrected chi connectivity index (χ0v) is 9.16. The number of rotatable bonds is 3. The molecule has 1 aromatic carbocycles. The van der Waals surface area contributed by atoms with Crippen molar-refractivity contribution >= 4 is 22.2 Å². The summed E-state index contributed by atoms with van der Waals surface area (Å²) in [4.78, 5) is 0. The highest BCUT2D eigenvalue weighted by Crippen LogP contribution is 2.23. The quantitative estimate of drug-likeness (QED) is 0.779. The normalized spacial score (nSPS) is 12.3. The van der Waals surface area contributed by atoms with Gasteiger partial charge in [0.05, 0.1) is 6.04 Å². The number of nitrogens with zero attached hydrogens (tertiary/aromatic N) is 2. The van der Waals surface area contributed by atoms with Gasteiger partial charge in [-0.15, -0.1) is 10.2 Å². The Kier molecular flexibility index (Phi) is 2.82. The number of nitrogens with one attached hydrogen (secondary N) is 1. The number of nitrogens with two attached hydrogens (primary N) is 1. The first kappa shape index (κ1) is 9.92. The maximum atomic E-state index is 5.88. The van der Waals surface area contributed by atoms with Gasteiger partial charge in [-0.2, -0.15) is 0 Å². The lowest BCUT2D eigenvalue weighted by Crippen LogP contribution is -2.08. The number of nitrogen functional groups attached to an aromatic ring is 1. The third kappa shape index (κ3) is 2.24. The lowest BCUT2D eigenvalue weighted by atomic mass is 10.1. The molecule has 1 unspecified atom stereocenters. The fourth-order valence-electron chi connectivity index (χ4n) is 1.40. The van der Waals surface area contributed by atoms with E-state index in [0.717, 1.165) is 16.4 Å². The van der Waals surface area contributed by atoms with E-state index in [9.17, 15) is 0 Å². The van der Waals surface area contributed by atoms with Gasteiger partial charge in [0.15, 0.2) is 0 Å². The average Bonchev–Trinajstić information content (AvgIpc) is 2.71. The van der Waals surface area contributed by atoms with Crippen molar-refractivity contribution in [3.8, 4) is 0 Å². The SMILES string of the molecule is CC(Nc1nncs1)c1ccccc1N. The van der Waals surface area contributed by atoms with E-state index in [1.807, 2.05) is 31.2 Å². The predicted molar refractivity (Wildman–Crippen MR) is 62.8 cm³/mol. The molecule has 1 heterocycles. The molecular weight excluding hydrogens is 208 g/mol. The Hall–Kier alpha value is -1.62. The minimum absolute atomic E-state index is 0.138. The molecule has 2 aromatic rings. The molecule has 15 heavy (non-hydrogen) atoms. The molecule has 78 valence electrons. The second kappa shape index (κ2) is 4.27. The molecule has 0 bridgehead atoms. The van der Waals surface area contributed by atoms with Gasteiger partial charge >= 0.3 is 0 Å². The van der Waals surface area contributed by atoms with E-state index in [2.05, 4.69) is 15.5 Å². The van der Waals surface area contributed by atoms with Crippen molar-refractivity contribution in [3.05, 3.63) is 35.3 Å². The van der Waals surface area contributed by atoms with E-state index in [0.29, 0.717) is 0 Å². The highest BCUT2D eigenvalue weighted by Gasteiger charge is 2.09. The molecule has 2 rings (SSSR count). The lowest BCUT2D eigenvalue weighted by Gasteiger charge is -2.14. The smallest absolute Gasteiger partial charge is 0.205 e. The summed E-state index contributed by atoms with van der Waals surface area (Å²) in [7, 11) is 0. The summed E-state index contributed by atoms with van der Waals surface area (Å²) in [5.74, 6) is 0. The van der Waals surface area contributed by atoms with Crippen LogP contribution >= 0.6 is 11.3 Å². The number of hydrogen-bond acceptors (Lipinski definition) is 5. The van der Waals surface area contributed by atoms with Crippen LogP contribution in [0, 0.1) is 0 Å². The fourth-order valence-corrected chi connectivity index (χ4v) is 1.94. The fraction of sp³-hybridized carbons (Fsp3) is 0.200. The van der Waals surface area contributed by atoms with E-state index in [4.69, 9.17) is 5.73 Å². The Morgan fingerprint density at radius 1 is 1.40 bits per heavy atom. The Bertz CT molecular complexity index is 427. The first-order chi connectivity index (χ1) is 7.27. The maximum absolute atomic E-state index is 5.88. The standard InChI is InChI=1S/C10H12N4S/c1-7(13-10-14-12-6-15-10)8-4-2-3-5-9(8)11/h2-7H,11H2,1H3,(H,13,14). The highest BCUT2D eigenvalue weighted by atomic mass is 32.1. The van der Waals surface area contributed by atoms with Gasteiger partial charge in [-0.05, 0) is 18.6 Å². The largest absolute Gasteiger partial charge is 0.398 e. The molecule has 0 radical (unpaired) electrons. The van der Waals surface area contributed by atoms with Crippen LogP contribution in [-0.2, 0) is 0 Å². The number of hydrogen-bond donors (Lipinski definition) is 2. The lowest BCUT2D eigenvalue weighted by molar-refractivity contribution is 0.876. The van der Waals surface area contributed by atoms with Crippen molar-refractivity contribution in [2.45, 2.75) is 13.0 Å². The average molecular weight is 220 g/mol. The van der Waals surface area contributed by atoms with Crippen LogP contribution in [0.15, 0.2) is 29.8 Å². The van der Waals surface area contributed by atoms with Gasteiger partial charge in [-0.3, -0.25) is 0 Å². The predicted octanol–water partition coefficient (Wildman–Crippen LogP) is 2.29. The van der Waals surface area contributed by atoms with E-state index in [-0.39, 0.29) is 6.04 Å². The Balaban J connectivity index is 2.15. The van der Waals surface area contributed by atoms with E-state index < -0.39 is 0 Å². The van der Waals surface area contributed by atoms with Crippen molar-refractivity contribution in [1.29, 1.82) is 0 Å². The number of benzene rings is 1. The van der Waals surface area contributed by atoms with Gasteiger partial charge in [-0.25, -0.2) is 0 Å². The van der Waals surface area contributed by atoms with E-state index in [1.165, 1.54) is 11.3 Å². The molecular formula is C10H12N4S. The van der Waals surface area contributed by atoms with Crippen LogP contribution in [0.25, 0.3) is 0 Å². The summed E-state index contributed by atoms with van der Waals surface area (Å²) >= 11 is 1.48. The van der Waals surface area contributed by atoms with Gasteiger partial charge in [0.25, 0.3) is 0 Å². The molecule has 3 N–H and O–H groups in total. The van der Waals surface area contributed by atoms with Crippen LogP contribution in [0.5, 0.6) is 0 Å². The molecule has 0 saturated carbocycles. The van der Waals surface area contributed by atoms with Crippen LogP contribution in [-0.4, -0.2) is 10.2 Å². The summed E-state index contributed by atoms with van der Waals surface area (Å²) in [5.41, 5.74) is 9.45. The van der Waals surface area contributed by atoms with Crippen molar-refractivity contribution in [3.63, 3.8) is 0 Å². The molecule has 1 aromatic heterocycles. The minimum Gasteiger partial charge on any atom is -0.398 e. The zero-order chi connectivity index (χ0) is 10.7. The van der Waals surface area contributed by atoms with Crippen molar-refractivity contribution in [2.75, 3.05) is 11.1 Å². The molecule has 0 spiro atoms. The summed E-state index contributed by atoms with van der Waals surface area (Å²) in [5, 5.41) is 11.7. The molecule has 0 aliphatic carbocycles. The zero-order valence-electron chi connectivity index (χ0n) is 8.34. The van der Waals surface area contributed by atoms with Gasteiger partial charge in [0, 0.05) is 5.69 Å². The summed E-state index contributed by atoms with van der Waals surface area (Å²) < 4.78 is 0. The molecule has 0 saturated heterocycles. The minimum atomic E-state index is 0.138.